The molecule has 2 heterocycles. The number of hydrogen-bond acceptors (Lipinski definition) is 4. The van der Waals surface area contributed by atoms with E-state index in [4.69, 9.17) is 32.7 Å². The first-order valence-corrected chi connectivity index (χ1v) is 9.16. The number of nitrogens with one attached hydrogen (secondary N) is 1. The predicted octanol–water partition coefficient (Wildman–Crippen LogP) is 3.97. The zero-order valence-electron chi connectivity index (χ0n) is 14.7. The van der Waals surface area contributed by atoms with Gasteiger partial charge in [-0.3, -0.25) is 9.69 Å². The zero-order chi connectivity index (χ0) is 20.1. The molecule has 0 radical (unpaired) electrons. The molecule has 0 aliphatic carbocycles. The number of benzene rings is 2. The second-order valence-electron chi connectivity index (χ2n) is 6.73. The van der Waals surface area contributed by atoms with E-state index in [1.807, 2.05) is 0 Å². The molecule has 2 aliphatic heterocycles. The largest absolute Gasteiger partial charge is 0.467 e. The summed E-state index contributed by atoms with van der Waals surface area (Å²) < 4.78 is 24.2. The van der Waals surface area contributed by atoms with Crippen molar-refractivity contribution in [2.45, 2.75) is 25.6 Å². The van der Waals surface area contributed by atoms with Crippen LogP contribution in [0.15, 0.2) is 30.3 Å². The Morgan fingerprint density at radius 2 is 2.04 bits per heavy atom. The van der Waals surface area contributed by atoms with Gasteiger partial charge in [0.25, 0.3) is 5.91 Å². The van der Waals surface area contributed by atoms with Crippen LogP contribution < -0.4 is 10.1 Å². The van der Waals surface area contributed by atoms with Crippen LogP contribution in [0.5, 0.6) is 5.75 Å². The Labute approximate surface area is 170 Å². The van der Waals surface area contributed by atoms with Gasteiger partial charge < -0.3 is 14.8 Å². The fourth-order valence-electron chi connectivity index (χ4n) is 3.46. The quantitative estimate of drug-likeness (QED) is 0.756. The van der Waals surface area contributed by atoms with Crippen molar-refractivity contribution in [1.82, 2.24) is 10.2 Å². The SMILES string of the molecule is CC1(c2ccc(F)cc2Cl)NC(=O)N(Cc2cc(Cl)cc3c2OCOC3)C1=O. The van der Waals surface area contributed by atoms with E-state index in [1.54, 1.807) is 12.1 Å². The summed E-state index contributed by atoms with van der Waals surface area (Å²) in [6.45, 7) is 1.89. The van der Waals surface area contributed by atoms with Gasteiger partial charge in [-0.25, -0.2) is 9.18 Å². The van der Waals surface area contributed by atoms with E-state index in [0.717, 1.165) is 16.5 Å². The molecule has 1 N–H and O–H groups in total. The summed E-state index contributed by atoms with van der Waals surface area (Å²) in [5, 5.41) is 3.15. The van der Waals surface area contributed by atoms with Crippen LogP contribution in [0, 0.1) is 5.82 Å². The Hall–Kier alpha value is -2.35. The van der Waals surface area contributed by atoms with Crippen molar-refractivity contribution in [2.75, 3.05) is 6.79 Å². The third-order valence-electron chi connectivity index (χ3n) is 4.82. The Morgan fingerprint density at radius 1 is 1.25 bits per heavy atom. The van der Waals surface area contributed by atoms with Gasteiger partial charge in [0, 0.05) is 26.7 Å². The lowest BCUT2D eigenvalue weighted by Gasteiger charge is -2.25. The van der Waals surface area contributed by atoms with Crippen LogP contribution in [-0.2, 0) is 28.2 Å². The van der Waals surface area contributed by atoms with E-state index in [0.29, 0.717) is 28.5 Å². The molecular weight excluding hydrogens is 410 g/mol. The second-order valence-corrected chi connectivity index (χ2v) is 7.58. The highest BCUT2D eigenvalue weighted by Gasteiger charge is 2.50. The molecule has 1 saturated heterocycles. The molecule has 4 rings (SSSR count). The highest BCUT2D eigenvalue weighted by molar-refractivity contribution is 6.32. The first kappa shape index (κ1) is 19.0. The molecule has 28 heavy (non-hydrogen) atoms. The minimum atomic E-state index is -1.41. The van der Waals surface area contributed by atoms with Crippen molar-refractivity contribution in [1.29, 1.82) is 0 Å². The van der Waals surface area contributed by atoms with Crippen LogP contribution >= 0.6 is 23.2 Å². The first-order chi connectivity index (χ1) is 13.3. The first-order valence-electron chi connectivity index (χ1n) is 8.41. The summed E-state index contributed by atoms with van der Waals surface area (Å²) in [6.07, 6.45) is 0. The lowest BCUT2D eigenvalue weighted by atomic mass is 9.92. The number of hydrogen-bond donors (Lipinski definition) is 1. The van der Waals surface area contributed by atoms with E-state index >= 15 is 0 Å². The molecule has 0 bridgehead atoms. The fraction of sp³-hybridized carbons (Fsp3) is 0.263. The average molecular weight is 425 g/mol. The number of nitrogens with zero attached hydrogens (tertiary/aromatic N) is 1. The number of halogens is 3. The van der Waals surface area contributed by atoms with Gasteiger partial charge in [0.1, 0.15) is 17.1 Å². The number of rotatable bonds is 3. The Kier molecular flexibility index (Phi) is 4.69. The third kappa shape index (κ3) is 3.09. The van der Waals surface area contributed by atoms with Gasteiger partial charge in [0.05, 0.1) is 13.2 Å². The number of amides is 3. The van der Waals surface area contributed by atoms with E-state index in [9.17, 15) is 14.0 Å². The van der Waals surface area contributed by atoms with Crippen molar-refractivity contribution in [2.24, 2.45) is 0 Å². The minimum Gasteiger partial charge on any atom is -0.467 e. The van der Waals surface area contributed by atoms with Crippen molar-refractivity contribution < 1.29 is 23.5 Å². The topological polar surface area (TPSA) is 67.9 Å². The predicted molar refractivity (Wildman–Crippen MR) is 99.6 cm³/mol. The summed E-state index contributed by atoms with van der Waals surface area (Å²) in [7, 11) is 0. The minimum absolute atomic E-state index is 0.0397. The molecule has 0 spiro atoms. The van der Waals surface area contributed by atoms with Crippen LogP contribution in [0.1, 0.15) is 23.6 Å². The Bertz CT molecular complexity index is 1000. The van der Waals surface area contributed by atoms with Gasteiger partial charge >= 0.3 is 6.03 Å². The Balaban J connectivity index is 1.68. The van der Waals surface area contributed by atoms with Gasteiger partial charge in [0.15, 0.2) is 6.79 Å². The fourth-order valence-corrected chi connectivity index (χ4v) is 4.08. The van der Waals surface area contributed by atoms with E-state index in [1.165, 1.54) is 19.1 Å². The van der Waals surface area contributed by atoms with Crippen molar-refractivity contribution in [3.63, 3.8) is 0 Å². The van der Waals surface area contributed by atoms with Gasteiger partial charge in [-0.1, -0.05) is 29.3 Å². The van der Waals surface area contributed by atoms with Crippen LogP contribution in [0.4, 0.5) is 9.18 Å². The maximum atomic E-state index is 13.4. The Morgan fingerprint density at radius 3 is 2.79 bits per heavy atom. The van der Waals surface area contributed by atoms with Crippen molar-refractivity contribution >= 4 is 35.1 Å². The molecule has 2 aliphatic rings. The summed E-state index contributed by atoms with van der Waals surface area (Å²) in [5.74, 6) is -0.493. The van der Waals surface area contributed by atoms with Gasteiger partial charge in [-0.2, -0.15) is 0 Å². The highest BCUT2D eigenvalue weighted by atomic mass is 35.5. The summed E-state index contributed by atoms with van der Waals surface area (Å²) in [6, 6.07) is 6.46. The molecular formula is C19H15Cl2FN2O4. The molecule has 146 valence electrons. The normalized spacial score (nSPS) is 21.4. The number of carbonyl (C=O) groups excluding carboxylic acids is 2. The molecule has 2 aromatic rings. The molecule has 2 aromatic carbocycles. The molecule has 9 heteroatoms. The lowest BCUT2D eigenvalue weighted by molar-refractivity contribution is -0.131. The number of urea groups is 1. The molecule has 0 saturated carbocycles. The van der Waals surface area contributed by atoms with Gasteiger partial charge in [-0.05, 0) is 31.2 Å². The standard InChI is InChI=1S/C19H15Cl2FN2O4/c1-19(14-3-2-13(22)6-15(14)21)17(25)24(18(26)23-19)7-10-4-12(20)5-11-8-27-9-28-16(10)11/h2-6H,7-9H2,1H3,(H,23,26). The van der Waals surface area contributed by atoms with Crippen LogP contribution in [0.25, 0.3) is 0 Å². The van der Waals surface area contributed by atoms with E-state index in [2.05, 4.69) is 5.32 Å². The molecule has 1 fully saturated rings. The number of ether oxygens (including phenoxy) is 2. The number of fused-ring (bicyclic) bond motifs is 1. The molecule has 0 aromatic heterocycles. The summed E-state index contributed by atoms with van der Waals surface area (Å²) in [4.78, 5) is 26.8. The van der Waals surface area contributed by atoms with Crippen molar-refractivity contribution in [3.05, 3.63) is 62.9 Å². The van der Waals surface area contributed by atoms with Gasteiger partial charge in [-0.15, -0.1) is 0 Å². The number of carbonyl (C=O) groups is 2. The maximum Gasteiger partial charge on any atom is 0.325 e. The van der Waals surface area contributed by atoms with Crippen LogP contribution in [0.3, 0.4) is 0 Å². The lowest BCUT2D eigenvalue weighted by Crippen LogP contribution is -2.41. The van der Waals surface area contributed by atoms with Crippen LogP contribution in [0.2, 0.25) is 10.0 Å². The third-order valence-corrected chi connectivity index (χ3v) is 5.36. The van der Waals surface area contributed by atoms with E-state index < -0.39 is 23.3 Å². The zero-order valence-corrected chi connectivity index (χ0v) is 16.2. The molecule has 6 nitrogen and oxygen atoms in total. The maximum absolute atomic E-state index is 13.4. The van der Waals surface area contributed by atoms with E-state index in [-0.39, 0.29) is 18.4 Å². The number of imide groups is 1. The molecule has 1 atom stereocenters. The highest BCUT2D eigenvalue weighted by Crippen LogP contribution is 2.37. The smallest absolute Gasteiger partial charge is 0.325 e. The summed E-state index contributed by atoms with van der Waals surface area (Å²) in [5.41, 5.74) is 0.230. The monoisotopic (exact) mass is 424 g/mol. The van der Waals surface area contributed by atoms with Crippen molar-refractivity contribution in [3.8, 4) is 5.75 Å². The molecule has 1 unspecified atom stereocenters. The second kappa shape index (κ2) is 6.92. The molecule has 3 amide bonds. The summed E-state index contributed by atoms with van der Waals surface area (Å²) >= 11 is 12.3. The van der Waals surface area contributed by atoms with Crippen LogP contribution in [-0.4, -0.2) is 23.6 Å². The van der Waals surface area contributed by atoms with Gasteiger partial charge in [0.2, 0.25) is 0 Å². The average Bonchev–Trinajstić information content (AvgIpc) is 2.85.